The van der Waals surface area contributed by atoms with E-state index in [1.807, 2.05) is 0 Å². The van der Waals surface area contributed by atoms with Crippen molar-refractivity contribution < 1.29 is 24.0 Å². The molecule has 0 heterocycles. The summed E-state index contributed by atoms with van der Waals surface area (Å²) in [6.45, 7) is 14.5. The molecule has 0 radical (unpaired) electrons. The molecule has 0 unspecified atom stereocenters. The minimum Gasteiger partial charge on any atom is -1.00 e. The molecular weight excluding hydrogens is 330 g/mol. The van der Waals surface area contributed by atoms with Crippen LogP contribution in [0, 0.1) is 0 Å². The Morgan fingerprint density at radius 2 is 1.40 bits per heavy atom. The van der Waals surface area contributed by atoms with E-state index in [9.17, 15) is 0 Å². The second-order valence-electron chi connectivity index (χ2n) is 5.78. The Balaban J connectivity index is 0.00000196. The van der Waals surface area contributed by atoms with E-state index >= 15 is 0 Å². The van der Waals surface area contributed by atoms with Gasteiger partial charge in [0.15, 0.2) is 0 Å². The average molecular weight is 352 g/mol. The van der Waals surface area contributed by atoms with Crippen molar-refractivity contribution in [2.24, 2.45) is 0 Å². The zero-order valence-electron chi connectivity index (χ0n) is 10.6. The molecule has 0 bridgehead atoms. The maximum Gasteiger partial charge on any atom is 0.0922 e. The Bertz CT molecular complexity index is 290. The van der Waals surface area contributed by atoms with E-state index in [4.69, 9.17) is 0 Å². The molecule has 0 spiro atoms. The lowest BCUT2D eigenvalue weighted by Crippen LogP contribution is -3.00. The van der Waals surface area contributed by atoms with Crippen molar-refractivity contribution in [3.05, 3.63) is 24.3 Å². The first-order valence-electron chi connectivity index (χ1n) is 5.14. The summed E-state index contributed by atoms with van der Waals surface area (Å²) in [5.41, 5.74) is 0. The van der Waals surface area contributed by atoms with Gasteiger partial charge in [-0.15, -0.1) is 0 Å². The molecule has 3 heteroatoms. The minimum atomic E-state index is -1.16. The molecule has 0 aromatic heterocycles. The Morgan fingerprint density at radius 1 is 0.933 bits per heavy atom. The van der Waals surface area contributed by atoms with Gasteiger partial charge in [-0.05, 0) is 11.3 Å². The SMILES string of the molecule is C[Si](C)(C)c1ccccc1[P+](C)(C)C.[I-]. The van der Waals surface area contributed by atoms with Gasteiger partial charge < -0.3 is 24.0 Å². The smallest absolute Gasteiger partial charge is 0.0922 e. The second-order valence-corrected chi connectivity index (χ2v) is 15.3. The van der Waals surface area contributed by atoms with E-state index in [1.54, 1.807) is 10.5 Å². The first kappa shape index (κ1) is 15.6. The van der Waals surface area contributed by atoms with Crippen LogP contribution in [0.5, 0.6) is 0 Å². The van der Waals surface area contributed by atoms with E-state index in [0.29, 0.717) is 0 Å². The van der Waals surface area contributed by atoms with Crippen molar-refractivity contribution in [2.45, 2.75) is 19.6 Å². The highest BCUT2D eigenvalue weighted by molar-refractivity contribution is 7.81. The van der Waals surface area contributed by atoms with Crippen LogP contribution in [-0.2, 0) is 0 Å². The fourth-order valence-corrected chi connectivity index (χ4v) is 6.48. The normalized spacial score (nSPS) is 12.1. The molecule has 86 valence electrons. The number of hydrogen-bond acceptors (Lipinski definition) is 0. The zero-order chi connectivity index (χ0) is 11.0. The summed E-state index contributed by atoms with van der Waals surface area (Å²) in [5, 5.41) is 3.29. The fraction of sp³-hybridized carbons (Fsp3) is 0.500. The molecule has 0 saturated heterocycles. The second kappa shape index (κ2) is 5.28. The van der Waals surface area contributed by atoms with Gasteiger partial charge in [-0.1, -0.05) is 37.8 Å². The van der Waals surface area contributed by atoms with Crippen molar-refractivity contribution >= 4 is 25.8 Å². The van der Waals surface area contributed by atoms with Crippen LogP contribution >= 0.6 is 7.26 Å². The van der Waals surface area contributed by atoms with Gasteiger partial charge >= 0.3 is 0 Å². The Morgan fingerprint density at radius 3 is 1.73 bits per heavy atom. The summed E-state index contributed by atoms with van der Waals surface area (Å²) in [6, 6.07) is 9.05. The lowest BCUT2D eigenvalue weighted by atomic mass is 10.4. The third-order valence-corrected chi connectivity index (χ3v) is 6.53. The summed E-state index contributed by atoms with van der Waals surface area (Å²) in [4.78, 5) is 0. The number of benzene rings is 1. The lowest BCUT2D eigenvalue weighted by Gasteiger charge is -2.23. The maximum absolute atomic E-state index is 2.43. The van der Waals surface area contributed by atoms with Crippen molar-refractivity contribution in [2.75, 3.05) is 20.0 Å². The van der Waals surface area contributed by atoms with Gasteiger partial charge in [-0.25, -0.2) is 0 Å². The van der Waals surface area contributed by atoms with Crippen molar-refractivity contribution in [1.29, 1.82) is 0 Å². The van der Waals surface area contributed by atoms with Crippen molar-refractivity contribution in [1.82, 2.24) is 0 Å². The fourth-order valence-electron chi connectivity index (χ4n) is 1.69. The maximum atomic E-state index is 2.43. The molecule has 0 nitrogen and oxygen atoms in total. The van der Waals surface area contributed by atoms with Gasteiger partial charge in [0.05, 0.1) is 33.4 Å². The molecule has 1 aromatic rings. The van der Waals surface area contributed by atoms with Gasteiger partial charge in [-0.3, -0.25) is 0 Å². The summed E-state index contributed by atoms with van der Waals surface area (Å²) < 4.78 is 0. The van der Waals surface area contributed by atoms with Gasteiger partial charge in [-0.2, -0.15) is 0 Å². The molecule has 1 aromatic carbocycles. The summed E-state index contributed by atoms with van der Waals surface area (Å²) in [7, 11) is -2.03. The van der Waals surface area contributed by atoms with Crippen LogP contribution in [0.1, 0.15) is 0 Å². The summed E-state index contributed by atoms with van der Waals surface area (Å²) in [6.07, 6.45) is 0. The van der Waals surface area contributed by atoms with Gasteiger partial charge in [0.2, 0.25) is 0 Å². The molecule has 1 rings (SSSR count). The monoisotopic (exact) mass is 352 g/mol. The van der Waals surface area contributed by atoms with E-state index in [0.717, 1.165) is 0 Å². The average Bonchev–Trinajstić information content (AvgIpc) is 2.01. The molecule has 0 aliphatic rings. The predicted octanol–water partition coefficient (Wildman–Crippen LogP) is -0.232. The van der Waals surface area contributed by atoms with E-state index in [1.165, 1.54) is 0 Å². The van der Waals surface area contributed by atoms with Crippen LogP contribution in [0.15, 0.2) is 24.3 Å². The Labute approximate surface area is 113 Å². The quantitative estimate of drug-likeness (QED) is 0.392. The topological polar surface area (TPSA) is 0 Å². The number of hydrogen-bond donors (Lipinski definition) is 0. The summed E-state index contributed by atoms with van der Waals surface area (Å²) >= 11 is 0. The van der Waals surface area contributed by atoms with Crippen LogP contribution in [0.2, 0.25) is 19.6 Å². The molecule has 0 aliphatic heterocycles. The molecule has 15 heavy (non-hydrogen) atoms. The number of rotatable bonds is 2. The van der Waals surface area contributed by atoms with Crippen molar-refractivity contribution in [3.63, 3.8) is 0 Å². The van der Waals surface area contributed by atoms with Crippen LogP contribution in [0.4, 0.5) is 0 Å². The third kappa shape index (κ3) is 4.16. The molecule has 0 amide bonds. The largest absolute Gasteiger partial charge is 1.00 e. The predicted molar refractivity (Wildman–Crippen MR) is 73.7 cm³/mol. The highest BCUT2D eigenvalue weighted by atomic mass is 127. The van der Waals surface area contributed by atoms with Crippen LogP contribution < -0.4 is 34.5 Å². The van der Waals surface area contributed by atoms with E-state index < -0.39 is 15.3 Å². The van der Waals surface area contributed by atoms with Crippen LogP contribution in [-0.4, -0.2) is 28.1 Å². The van der Waals surface area contributed by atoms with E-state index in [-0.39, 0.29) is 24.0 Å². The zero-order valence-corrected chi connectivity index (χ0v) is 14.7. The number of halogens is 1. The van der Waals surface area contributed by atoms with Gasteiger partial charge in [0.25, 0.3) is 0 Å². The first-order chi connectivity index (χ1) is 6.23. The van der Waals surface area contributed by atoms with Crippen LogP contribution in [0.25, 0.3) is 0 Å². The molecule has 0 saturated carbocycles. The summed E-state index contributed by atoms with van der Waals surface area (Å²) in [5.74, 6) is 0. The van der Waals surface area contributed by atoms with Gasteiger partial charge in [0, 0.05) is 7.26 Å². The minimum absolute atomic E-state index is 0. The Kier molecular flexibility index (Phi) is 5.50. The molecule has 0 atom stereocenters. The van der Waals surface area contributed by atoms with Crippen LogP contribution in [0.3, 0.4) is 0 Å². The highest BCUT2D eigenvalue weighted by Crippen LogP contribution is 2.44. The Hall–Kier alpha value is 0.597. The standard InChI is InChI=1S/C12H22PSi.HI/c1-13(2,3)11-9-7-8-10-12(11)14(4,5)6;/h7-10H,1-6H3;1H/q+1;/p-1. The van der Waals surface area contributed by atoms with E-state index in [2.05, 4.69) is 63.9 Å². The molecular formula is C12H22IPSi. The molecule has 0 aliphatic carbocycles. The highest BCUT2D eigenvalue weighted by Gasteiger charge is 2.30. The lowest BCUT2D eigenvalue weighted by molar-refractivity contribution is -0.00000338. The van der Waals surface area contributed by atoms with Crippen molar-refractivity contribution in [3.8, 4) is 0 Å². The molecule has 0 fully saturated rings. The molecule has 0 N–H and O–H groups in total. The third-order valence-electron chi connectivity index (χ3n) is 2.43. The first-order valence-corrected chi connectivity index (χ1v) is 11.8. The van der Waals surface area contributed by atoms with Gasteiger partial charge in [0.1, 0.15) is 0 Å².